The first kappa shape index (κ1) is 10.7. The molecular formula is C13H16N2O. The number of nitrogens with one attached hydrogen (secondary N) is 1. The number of nitrogens with zero attached hydrogens (tertiary/aromatic N) is 1. The Labute approximate surface area is 95.5 Å². The van der Waals surface area contributed by atoms with Crippen molar-refractivity contribution in [1.82, 2.24) is 4.98 Å². The molecule has 0 saturated carbocycles. The molecule has 0 saturated heterocycles. The SMILES string of the molecule is Cc1cnc(-c2cccc(NC(C)C)c2)o1. The van der Waals surface area contributed by atoms with Gasteiger partial charge in [0, 0.05) is 17.3 Å². The molecule has 0 atom stereocenters. The molecule has 0 aliphatic heterocycles. The fourth-order valence-electron chi connectivity index (χ4n) is 1.56. The van der Waals surface area contributed by atoms with E-state index >= 15 is 0 Å². The van der Waals surface area contributed by atoms with Crippen molar-refractivity contribution in [3.05, 3.63) is 36.2 Å². The fraction of sp³-hybridized carbons (Fsp3) is 0.308. The van der Waals surface area contributed by atoms with Crippen LogP contribution in [0.25, 0.3) is 11.5 Å². The summed E-state index contributed by atoms with van der Waals surface area (Å²) in [6, 6.07) is 8.50. The van der Waals surface area contributed by atoms with Crippen LogP contribution in [0.15, 0.2) is 34.9 Å². The molecule has 3 heteroatoms. The van der Waals surface area contributed by atoms with Crippen LogP contribution in [-0.2, 0) is 0 Å². The molecule has 2 rings (SSSR count). The molecule has 0 radical (unpaired) electrons. The van der Waals surface area contributed by atoms with Gasteiger partial charge in [0.05, 0.1) is 6.20 Å². The summed E-state index contributed by atoms with van der Waals surface area (Å²) in [6.07, 6.45) is 1.73. The van der Waals surface area contributed by atoms with Gasteiger partial charge in [0.15, 0.2) is 0 Å². The lowest BCUT2D eigenvalue weighted by atomic mass is 10.2. The summed E-state index contributed by atoms with van der Waals surface area (Å²) in [5.74, 6) is 1.50. The van der Waals surface area contributed by atoms with E-state index in [1.165, 1.54) is 0 Å². The van der Waals surface area contributed by atoms with Crippen molar-refractivity contribution >= 4 is 5.69 Å². The number of aryl methyl sites for hydroxylation is 1. The minimum atomic E-state index is 0.418. The Bertz CT molecular complexity index is 474. The fourth-order valence-corrected chi connectivity index (χ4v) is 1.56. The maximum absolute atomic E-state index is 5.49. The van der Waals surface area contributed by atoms with Gasteiger partial charge in [0.25, 0.3) is 0 Å². The molecule has 0 bridgehead atoms. The molecule has 0 fully saturated rings. The summed E-state index contributed by atoms with van der Waals surface area (Å²) in [7, 11) is 0. The summed E-state index contributed by atoms with van der Waals surface area (Å²) < 4.78 is 5.49. The van der Waals surface area contributed by atoms with Crippen molar-refractivity contribution in [1.29, 1.82) is 0 Å². The lowest BCUT2D eigenvalue weighted by Gasteiger charge is -2.10. The largest absolute Gasteiger partial charge is 0.441 e. The van der Waals surface area contributed by atoms with E-state index in [2.05, 4.69) is 24.1 Å². The van der Waals surface area contributed by atoms with Crippen LogP contribution >= 0.6 is 0 Å². The average Bonchev–Trinajstić information content (AvgIpc) is 2.64. The third-order valence-electron chi connectivity index (χ3n) is 2.19. The first-order valence-electron chi connectivity index (χ1n) is 5.44. The van der Waals surface area contributed by atoms with Gasteiger partial charge < -0.3 is 9.73 Å². The molecule has 84 valence electrons. The van der Waals surface area contributed by atoms with Crippen molar-refractivity contribution in [2.75, 3.05) is 5.32 Å². The molecule has 0 spiro atoms. The number of anilines is 1. The predicted molar refractivity (Wildman–Crippen MR) is 65.4 cm³/mol. The minimum Gasteiger partial charge on any atom is -0.441 e. The quantitative estimate of drug-likeness (QED) is 0.853. The van der Waals surface area contributed by atoms with Gasteiger partial charge in [0.1, 0.15) is 5.76 Å². The standard InChI is InChI=1S/C13H16N2O/c1-9(2)15-12-6-4-5-11(7-12)13-14-8-10(3)16-13/h4-9,15H,1-3H3. The van der Waals surface area contributed by atoms with E-state index in [9.17, 15) is 0 Å². The number of aromatic nitrogens is 1. The van der Waals surface area contributed by atoms with Gasteiger partial charge in [-0.05, 0) is 39.0 Å². The van der Waals surface area contributed by atoms with Crippen LogP contribution in [0.5, 0.6) is 0 Å². The molecule has 0 aliphatic rings. The molecule has 3 nitrogen and oxygen atoms in total. The van der Waals surface area contributed by atoms with Gasteiger partial charge >= 0.3 is 0 Å². The molecule has 0 unspecified atom stereocenters. The topological polar surface area (TPSA) is 38.1 Å². The molecule has 16 heavy (non-hydrogen) atoms. The van der Waals surface area contributed by atoms with E-state index in [0.717, 1.165) is 17.0 Å². The average molecular weight is 216 g/mol. The predicted octanol–water partition coefficient (Wildman–Crippen LogP) is 3.47. The molecule has 0 aliphatic carbocycles. The first-order chi connectivity index (χ1) is 7.65. The zero-order valence-corrected chi connectivity index (χ0v) is 9.82. The first-order valence-corrected chi connectivity index (χ1v) is 5.44. The highest BCUT2D eigenvalue weighted by molar-refractivity contribution is 5.61. The van der Waals surface area contributed by atoms with Gasteiger partial charge in [0.2, 0.25) is 5.89 Å². The third-order valence-corrected chi connectivity index (χ3v) is 2.19. The Balaban J connectivity index is 2.28. The van der Waals surface area contributed by atoms with Crippen molar-refractivity contribution in [2.45, 2.75) is 26.8 Å². The summed E-state index contributed by atoms with van der Waals surface area (Å²) >= 11 is 0. The van der Waals surface area contributed by atoms with E-state index in [-0.39, 0.29) is 0 Å². The van der Waals surface area contributed by atoms with Crippen molar-refractivity contribution < 1.29 is 4.42 Å². The van der Waals surface area contributed by atoms with Crippen molar-refractivity contribution in [3.63, 3.8) is 0 Å². The van der Waals surface area contributed by atoms with Gasteiger partial charge in [-0.3, -0.25) is 0 Å². The Morgan fingerprint density at radius 3 is 2.75 bits per heavy atom. The van der Waals surface area contributed by atoms with E-state index in [0.29, 0.717) is 11.9 Å². The molecule has 0 amide bonds. The van der Waals surface area contributed by atoms with Crippen LogP contribution in [0.1, 0.15) is 19.6 Å². The highest BCUT2D eigenvalue weighted by atomic mass is 16.4. The summed E-state index contributed by atoms with van der Waals surface area (Å²) in [5, 5.41) is 3.35. The van der Waals surface area contributed by atoms with Crippen molar-refractivity contribution in [3.8, 4) is 11.5 Å². The molecule has 2 aromatic rings. The Hall–Kier alpha value is -1.77. The maximum atomic E-state index is 5.49. The number of rotatable bonds is 3. The second-order valence-electron chi connectivity index (χ2n) is 4.16. The van der Waals surface area contributed by atoms with Crippen LogP contribution < -0.4 is 5.32 Å². The minimum absolute atomic E-state index is 0.418. The second kappa shape index (κ2) is 4.39. The molecule has 1 aromatic carbocycles. The Morgan fingerprint density at radius 1 is 1.31 bits per heavy atom. The van der Waals surface area contributed by atoms with Crippen LogP contribution in [0.4, 0.5) is 5.69 Å². The molecule has 1 N–H and O–H groups in total. The highest BCUT2D eigenvalue weighted by Gasteiger charge is 2.05. The van der Waals surface area contributed by atoms with Crippen LogP contribution in [0.2, 0.25) is 0 Å². The zero-order valence-electron chi connectivity index (χ0n) is 9.82. The number of hydrogen-bond acceptors (Lipinski definition) is 3. The van der Waals surface area contributed by atoms with Gasteiger partial charge in [-0.2, -0.15) is 0 Å². The molecular weight excluding hydrogens is 200 g/mol. The number of hydrogen-bond donors (Lipinski definition) is 1. The second-order valence-corrected chi connectivity index (χ2v) is 4.16. The third kappa shape index (κ3) is 2.42. The van der Waals surface area contributed by atoms with Crippen LogP contribution in [0.3, 0.4) is 0 Å². The monoisotopic (exact) mass is 216 g/mol. The van der Waals surface area contributed by atoms with E-state index in [4.69, 9.17) is 4.42 Å². The van der Waals surface area contributed by atoms with Crippen molar-refractivity contribution in [2.24, 2.45) is 0 Å². The highest BCUT2D eigenvalue weighted by Crippen LogP contribution is 2.22. The zero-order chi connectivity index (χ0) is 11.5. The maximum Gasteiger partial charge on any atom is 0.226 e. The number of oxazole rings is 1. The molecule has 1 aromatic heterocycles. The molecule has 1 heterocycles. The van der Waals surface area contributed by atoms with Crippen LogP contribution in [-0.4, -0.2) is 11.0 Å². The smallest absolute Gasteiger partial charge is 0.226 e. The summed E-state index contributed by atoms with van der Waals surface area (Å²) in [5.41, 5.74) is 2.09. The van der Waals surface area contributed by atoms with E-state index in [1.54, 1.807) is 6.20 Å². The van der Waals surface area contributed by atoms with Gasteiger partial charge in [-0.15, -0.1) is 0 Å². The van der Waals surface area contributed by atoms with Gasteiger partial charge in [-0.1, -0.05) is 6.07 Å². The lowest BCUT2D eigenvalue weighted by molar-refractivity contribution is 0.542. The normalized spacial score (nSPS) is 10.8. The van der Waals surface area contributed by atoms with Gasteiger partial charge in [-0.25, -0.2) is 4.98 Å². The summed E-state index contributed by atoms with van der Waals surface area (Å²) in [6.45, 7) is 6.12. The number of benzene rings is 1. The van der Waals surface area contributed by atoms with E-state index in [1.807, 2.05) is 31.2 Å². The van der Waals surface area contributed by atoms with E-state index < -0.39 is 0 Å². The Morgan fingerprint density at radius 2 is 2.12 bits per heavy atom. The van der Waals surface area contributed by atoms with Crippen LogP contribution in [0, 0.1) is 6.92 Å². The summed E-state index contributed by atoms with van der Waals surface area (Å²) in [4.78, 5) is 4.21. The lowest BCUT2D eigenvalue weighted by Crippen LogP contribution is -2.09. The Kier molecular flexibility index (Phi) is 2.95.